The highest BCUT2D eigenvalue weighted by atomic mass is 31.3. The molecule has 0 amide bonds. The second kappa shape index (κ2) is 10.9. The van der Waals surface area contributed by atoms with E-state index in [1.165, 1.54) is 6.42 Å². The van der Waals surface area contributed by atoms with E-state index in [1.807, 2.05) is 34.6 Å². The third-order valence-corrected chi connectivity index (χ3v) is 13.9. The summed E-state index contributed by atoms with van der Waals surface area (Å²) in [4.78, 5) is 0. The molecule has 0 N–H and O–H groups in total. The first-order valence-electron chi connectivity index (χ1n) is 10.9. The summed E-state index contributed by atoms with van der Waals surface area (Å²) < 4.78 is 51.0. The molecule has 4 unspecified atom stereocenters. The van der Waals surface area contributed by atoms with Gasteiger partial charge in [-0.25, -0.2) is 0 Å². The van der Waals surface area contributed by atoms with Crippen molar-refractivity contribution in [3.8, 4) is 0 Å². The Morgan fingerprint density at radius 1 is 0.633 bits per heavy atom. The largest absolute Gasteiger partial charge is 0.349 e. The molecule has 0 aromatic heterocycles. The standard InChI is InChI=1S/C18H36N3O6P3/c1-6-22-28(23-7-2)19-29(24-8-3,25-9-4)21-30(20-28,26-10-5)27-15-18-14-16-11-12-17(18)13-16/h11-12,16-18H,6-10,13-15H2,1-5H3. The summed E-state index contributed by atoms with van der Waals surface area (Å²) in [5, 5.41) is 0. The van der Waals surface area contributed by atoms with Gasteiger partial charge in [-0.1, -0.05) is 12.2 Å². The maximum atomic E-state index is 6.44. The minimum absolute atomic E-state index is 0.391. The minimum atomic E-state index is -3.10. The van der Waals surface area contributed by atoms with Crippen molar-refractivity contribution in [3.63, 3.8) is 0 Å². The van der Waals surface area contributed by atoms with Crippen LogP contribution in [0.5, 0.6) is 0 Å². The lowest BCUT2D eigenvalue weighted by molar-refractivity contribution is 0.194. The predicted octanol–water partition coefficient (Wildman–Crippen LogP) is 7.25. The van der Waals surface area contributed by atoms with Gasteiger partial charge < -0.3 is 27.1 Å². The molecule has 0 aromatic rings. The molecule has 1 saturated carbocycles. The molecule has 0 spiro atoms. The highest BCUT2D eigenvalue weighted by Gasteiger charge is 2.44. The Morgan fingerprint density at radius 2 is 1.07 bits per heavy atom. The lowest BCUT2D eigenvalue weighted by Gasteiger charge is -2.33. The van der Waals surface area contributed by atoms with E-state index in [1.54, 1.807) is 0 Å². The van der Waals surface area contributed by atoms with Crippen LogP contribution in [0.4, 0.5) is 0 Å². The minimum Gasteiger partial charge on any atom is -0.307 e. The van der Waals surface area contributed by atoms with Crippen LogP contribution in [0.2, 0.25) is 0 Å². The van der Waals surface area contributed by atoms with Crippen molar-refractivity contribution in [2.45, 2.75) is 47.5 Å². The maximum absolute atomic E-state index is 6.44. The van der Waals surface area contributed by atoms with Crippen LogP contribution in [0, 0.1) is 17.8 Å². The summed E-state index contributed by atoms with van der Waals surface area (Å²) in [6.45, 7) is 12.0. The molecule has 0 radical (unpaired) electrons. The third kappa shape index (κ3) is 5.57. The molecular formula is C18H36N3O6P3. The molecule has 2 bridgehead atoms. The van der Waals surface area contributed by atoms with Crippen LogP contribution in [0.1, 0.15) is 47.5 Å². The van der Waals surface area contributed by atoms with Crippen LogP contribution < -0.4 is 0 Å². The van der Waals surface area contributed by atoms with Gasteiger partial charge in [0, 0.05) is 0 Å². The van der Waals surface area contributed by atoms with E-state index < -0.39 is 23.0 Å². The molecule has 9 nitrogen and oxygen atoms in total. The van der Waals surface area contributed by atoms with E-state index in [0.717, 1.165) is 6.42 Å². The lowest BCUT2D eigenvalue weighted by Crippen LogP contribution is -2.14. The molecule has 4 atom stereocenters. The Bertz CT molecular complexity index is 752. The second-order valence-electron chi connectivity index (χ2n) is 7.17. The van der Waals surface area contributed by atoms with Crippen molar-refractivity contribution in [2.75, 3.05) is 39.6 Å². The van der Waals surface area contributed by atoms with E-state index in [2.05, 4.69) is 12.2 Å². The summed E-state index contributed by atoms with van der Waals surface area (Å²) in [6.07, 6.45) is 6.98. The van der Waals surface area contributed by atoms with E-state index in [9.17, 15) is 0 Å². The Balaban J connectivity index is 2.04. The molecule has 1 heterocycles. The summed E-state index contributed by atoms with van der Waals surface area (Å²) in [5.74, 6) is 1.67. The Hall–Kier alpha value is 0.190. The molecule has 2 aliphatic carbocycles. The monoisotopic (exact) mass is 483 g/mol. The Labute approximate surface area is 181 Å². The van der Waals surface area contributed by atoms with Gasteiger partial charge in [-0.3, -0.25) is 0 Å². The van der Waals surface area contributed by atoms with Crippen molar-refractivity contribution in [3.05, 3.63) is 12.2 Å². The summed E-state index contributed by atoms with van der Waals surface area (Å²) in [6, 6.07) is 0. The molecule has 174 valence electrons. The molecular weight excluding hydrogens is 447 g/mol. The van der Waals surface area contributed by atoms with Gasteiger partial charge in [0.15, 0.2) is 0 Å². The zero-order valence-electron chi connectivity index (χ0n) is 18.7. The molecule has 0 saturated heterocycles. The zero-order chi connectivity index (χ0) is 21.7. The van der Waals surface area contributed by atoms with E-state index in [4.69, 9.17) is 40.7 Å². The third-order valence-electron chi connectivity index (χ3n) is 5.04. The average Bonchev–Trinajstić information content (AvgIpc) is 3.30. The molecule has 1 fully saturated rings. The number of hydrogen-bond acceptors (Lipinski definition) is 9. The summed E-state index contributed by atoms with van der Waals surface area (Å²) >= 11 is 0. The second-order valence-corrected chi connectivity index (χ2v) is 13.8. The SMILES string of the molecule is CCOP1(OCC)=NP(OCC)(OCC)=NP(OCC)(OCC2CC3C=CC2C3)=N1. The number of hydrogen-bond donors (Lipinski definition) is 0. The number of rotatable bonds is 13. The molecule has 3 aliphatic rings. The van der Waals surface area contributed by atoms with Gasteiger partial charge in [-0.2, -0.15) is 0 Å². The fourth-order valence-corrected chi connectivity index (χ4v) is 13.6. The molecule has 1 aliphatic heterocycles. The van der Waals surface area contributed by atoms with Crippen LogP contribution in [0.3, 0.4) is 0 Å². The maximum Gasteiger partial charge on any atom is 0.349 e. The van der Waals surface area contributed by atoms with Crippen molar-refractivity contribution in [1.82, 2.24) is 0 Å². The molecule has 0 aromatic carbocycles. The molecule has 12 heteroatoms. The van der Waals surface area contributed by atoms with Crippen LogP contribution in [-0.4, -0.2) is 39.6 Å². The van der Waals surface area contributed by atoms with Gasteiger partial charge in [0.1, 0.15) is 0 Å². The topological polar surface area (TPSA) is 92.5 Å². The van der Waals surface area contributed by atoms with Gasteiger partial charge in [0.05, 0.1) is 39.6 Å². The first kappa shape index (κ1) is 24.8. The van der Waals surface area contributed by atoms with Crippen LogP contribution in [-0.2, 0) is 27.1 Å². The molecule has 3 rings (SSSR count). The zero-order valence-corrected chi connectivity index (χ0v) is 21.4. The summed E-state index contributed by atoms with van der Waals surface area (Å²) in [5.41, 5.74) is 0. The quantitative estimate of drug-likeness (QED) is 0.202. The van der Waals surface area contributed by atoms with Crippen molar-refractivity contribution in [2.24, 2.45) is 31.3 Å². The first-order valence-corrected chi connectivity index (χ1v) is 15.5. The molecule has 30 heavy (non-hydrogen) atoms. The number of fused-ring (bicyclic) bond motifs is 2. The fraction of sp³-hybridized carbons (Fsp3) is 0.889. The van der Waals surface area contributed by atoms with E-state index >= 15 is 0 Å². The van der Waals surface area contributed by atoms with Gasteiger partial charge >= 0.3 is 23.0 Å². The lowest BCUT2D eigenvalue weighted by atomic mass is 9.95. The van der Waals surface area contributed by atoms with Crippen LogP contribution >= 0.6 is 23.0 Å². The van der Waals surface area contributed by atoms with Crippen molar-refractivity contribution < 1.29 is 27.1 Å². The van der Waals surface area contributed by atoms with Gasteiger partial charge in [0.2, 0.25) is 0 Å². The smallest absolute Gasteiger partial charge is 0.307 e. The highest BCUT2D eigenvalue weighted by molar-refractivity contribution is 7.78. The van der Waals surface area contributed by atoms with Gasteiger partial charge in [-0.05, 0) is 65.2 Å². The van der Waals surface area contributed by atoms with E-state index in [0.29, 0.717) is 57.4 Å². The fourth-order valence-electron chi connectivity index (χ4n) is 4.02. The Morgan fingerprint density at radius 3 is 1.40 bits per heavy atom. The van der Waals surface area contributed by atoms with Crippen molar-refractivity contribution >= 4 is 23.0 Å². The number of allylic oxidation sites excluding steroid dienone is 2. The van der Waals surface area contributed by atoms with E-state index in [-0.39, 0.29) is 0 Å². The summed E-state index contributed by atoms with van der Waals surface area (Å²) in [7, 11) is -9.21. The Kier molecular flexibility index (Phi) is 9.00. The van der Waals surface area contributed by atoms with Gasteiger partial charge in [0.25, 0.3) is 0 Å². The van der Waals surface area contributed by atoms with Crippen LogP contribution in [0.15, 0.2) is 25.7 Å². The highest BCUT2D eigenvalue weighted by Crippen LogP contribution is 2.80. The first-order chi connectivity index (χ1) is 14.5. The average molecular weight is 483 g/mol. The van der Waals surface area contributed by atoms with Crippen molar-refractivity contribution in [1.29, 1.82) is 0 Å². The van der Waals surface area contributed by atoms with Gasteiger partial charge in [-0.15, -0.1) is 13.5 Å². The predicted molar refractivity (Wildman–Crippen MR) is 121 cm³/mol. The normalized spacial score (nSPS) is 33.2. The number of nitrogens with zero attached hydrogens (tertiary/aromatic N) is 3. The van der Waals surface area contributed by atoms with Crippen LogP contribution in [0.25, 0.3) is 0 Å².